The Morgan fingerprint density at radius 2 is 1.30 bits per heavy atom. The van der Waals surface area contributed by atoms with Crippen molar-refractivity contribution in [1.82, 2.24) is 0 Å². The number of phenolic OH excluding ortho intramolecular Hbond substituents is 1. The molecule has 5 heteroatoms. The summed E-state index contributed by atoms with van der Waals surface area (Å²) in [4.78, 5) is 12.4. The van der Waals surface area contributed by atoms with Gasteiger partial charge in [-0.2, -0.15) is 0 Å². The minimum atomic E-state index is 0.141. The fourth-order valence-electron chi connectivity index (χ4n) is 2.09. The van der Waals surface area contributed by atoms with E-state index in [4.69, 9.17) is 5.11 Å². The molecule has 0 saturated heterocycles. The number of nitrogens with one attached hydrogen (secondary N) is 1. The maximum Gasteiger partial charge on any atom is 0.115 e. The van der Waals surface area contributed by atoms with Gasteiger partial charge in [-0.15, -0.1) is 4.91 Å². The number of fused-ring (bicyclic) bond motifs is 2. The molecule has 0 aromatic heterocycles. The number of phenols is 1. The monoisotopic (exact) mass is 322 g/mol. The molecular formula is C18H14N2O2S. The van der Waals surface area contributed by atoms with Gasteiger partial charge in [0.05, 0.1) is 11.4 Å². The molecule has 114 valence electrons. The lowest BCUT2D eigenvalue weighted by atomic mass is 10.2. The van der Waals surface area contributed by atoms with E-state index in [1.165, 1.54) is 45.4 Å². The van der Waals surface area contributed by atoms with E-state index in [-0.39, 0.29) is 5.75 Å². The number of nitrogens with zero attached hydrogens (tertiary/aromatic N) is 1. The molecule has 0 radical (unpaired) electrons. The van der Waals surface area contributed by atoms with Crippen LogP contribution in [0.15, 0.2) is 87.8 Å². The molecule has 2 N–H and O–H groups in total. The molecule has 0 saturated carbocycles. The largest absolute Gasteiger partial charge is 0.508 e. The van der Waals surface area contributed by atoms with E-state index in [2.05, 4.69) is 59.0 Å². The Labute approximate surface area is 138 Å². The van der Waals surface area contributed by atoms with E-state index < -0.39 is 0 Å². The lowest BCUT2D eigenvalue weighted by Gasteiger charge is -2.19. The van der Waals surface area contributed by atoms with Crippen molar-refractivity contribution in [3.63, 3.8) is 0 Å². The lowest BCUT2D eigenvalue weighted by Crippen LogP contribution is -1.98. The average molecular weight is 322 g/mol. The first-order valence-electron chi connectivity index (χ1n) is 7.01. The normalized spacial score (nSPS) is 11.1. The summed E-state index contributed by atoms with van der Waals surface area (Å²) in [5.74, 6) is 0.141. The van der Waals surface area contributed by atoms with Crippen molar-refractivity contribution in [1.29, 1.82) is 0 Å². The Bertz CT molecular complexity index is 732. The summed E-state index contributed by atoms with van der Waals surface area (Å²) in [6.07, 6.45) is 0. The molecule has 0 amide bonds. The summed E-state index contributed by atoms with van der Waals surface area (Å²) >= 11 is 1.82. The van der Waals surface area contributed by atoms with Crippen LogP contribution in [-0.2, 0) is 0 Å². The van der Waals surface area contributed by atoms with Crippen LogP contribution in [0.3, 0.4) is 0 Å². The van der Waals surface area contributed by atoms with Gasteiger partial charge in [0.2, 0.25) is 0 Å². The highest BCUT2D eigenvalue weighted by Crippen LogP contribution is 2.43. The van der Waals surface area contributed by atoms with Crippen molar-refractivity contribution in [2.24, 2.45) is 5.18 Å². The van der Waals surface area contributed by atoms with Gasteiger partial charge in [-0.05, 0) is 53.7 Å². The van der Waals surface area contributed by atoms with Crippen LogP contribution in [0.2, 0.25) is 0 Å². The van der Waals surface area contributed by atoms with Crippen LogP contribution in [-0.4, -0.2) is 5.11 Å². The van der Waals surface area contributed by atoms with Gasteiger partial charge in [0, 0.05) is 9.79 Å². The third kappa shape index (κ3) is 3.70. The van der Waals surface area contributed by atoms with E-state index in [1.54, 1.807) is 0 Å². The number of nitroso groups, excluding NO2 is 1. The Hall–Kier alpha value is -2.79. The smallest absolute Gasteiger partial charge is 0.115 e. The standard InChI is InChI=1S/C12H9NS.C6H5NO2/c1-3-7-11-9(5-1)13-10-6-2-4-8-12(10)14-11;8-6-3-1-5(7-9)2-4-6/h1-8,13H;1-4,8H. The minimum absolute atomic E-state index is 0.141. The molecule has 3 aromatic rings. The zero-order chi connectivity index (χ0) is 16.1. The van der Waals surface area contributed by atoms with Crippen LogP contribution in [0.5, 0.6) is 5.75 Å². The molecule has 4 nitrogen and oxygen atoms in total. The maximum absolute atomic E-state index is 9.79. The van der Waals surface area contributed by atoms with E-state index in [1.807, 2.05) is 11.8 Å². The van der Waals surface area contributed by atoms with Crippen molar-refractivity contribution >= 4 is 28.8 Å². The Kier molecular flexibility index (Phi) is 4.59. The summed E-state index contributed by atoms with van der Waals surface area (Å²) in [6.45, 7) is 0. The molecule has 1 aliphatic rings. The summed E-state index contributed by atoms with van der Waals surface area (Å²) in [5, 5.41) is 14.8. The second kappa shape index (κ2) is 6.98. The number of hydrogen-bond acceptors (Lipinski definition) is 5. The van der Waals surface area contributed by atoms with Crippen LogP contribution in [0.4, 0.5) is 17.1 Å². The molecule has 0 bridgehead atoms. The minimum Gasteiger partial charge on any atom is -0.508 e. The first kappa shape index (κ1) is 15.1. The van der Waals surface area contributed by atoms with Crippen LogP contribution in [0.1, 0.15) is 0 Å². The van der Waals surface area contributed by atoms with Crippen LogP contribution in [0, 0.1) is 4.91 Å². The number of aromatic hydroxyl groups is 1. The summed E-state index contributed by atoms with van der Waals surface area (Å²) in [6, 6.07) is 22.5. The molecule has 0 spiro atoms. The third-order valence-corrected chi connectivity index (χ3v) is 4.37. The second-order valence-electron chi connectivity index (χ2n) is 4.83. The number of rotatable bonds is 1. The van der Waals surface area contributed by atoms with Gasteiger partial charge < -0.3 is 10.4 Å². The highest BCUT2D eigenvalue weighted by atomic mass is 32.2. The van der Waals surface area contributed by atoms with Crippen molar-refractivity contribution < 1.29 is 5.11 Å². The van der Waals surface area contributed by atoms with E-state index >= 15 is 0 Å². The molecule has 0 aliphatic carbocycles. The SMILES string of the molecule is O=Nc1ccc(O)cc1.c1ccc2c(c1)Nc1ccccc1S2. The van der Waals surface area contributed by atoms with E-state index in [0.717, 1.165) is 0 Å². The van der Waals surface area contributed by atoms with Crippen LogP contribution < -0.4 is 5.32 Å². The number of hydrogen-bond donors (Lipinski definition) is 2. The van der Waals surface area contributed by atoms with Gasteiger partial charge in [0.1, 0.15) is 11.4 Å². The van der Waals surface area contributed by atoms with Gasteiger partial charge in [0.25, 0.3) is 0 Å². The molecule has 3 aromatic carbocycles. The molecular weight excluding hydrogens is 308 g/mol. The molecule has 4 rings (SSSR count). The predicted octanol–water partition coefficient (Wildman–Crippen LogP) is 5.68. The number of anilines is 2. The van der Waals surface area contributed by atoms with Crippen molar-refractivity contribution in [2.75, 3.05) is 5.32 Å². The molecule has 1 aliphatic heterocycles. The Balaban J connectivity index is 0.000000151. The molecule has 0 unspecified atom stereocenters. The molecule has 0 fully saturated rings. The van der Waals surface area contributed by atoms with Crippen LogP contribution in [0.25, 0.3) is 0 Å². The average Bonchev–Trinajstić information content (AvgIpc) is 2.61. The topological polar surface area (TPSA) is 61.7 Å². The Morgan fingerprint density at radius 3 is 1.83 bits per heavy atom. The predicted molar refractivity (Wildman–Crippen MR) is 93.9 cm³/mol. The lowest BCUT2D eigenvalue weighted by molar-refractivity contribution is 0.475. The summed E-state index contributed by atoms with van der Waals surface area (Å²) < 4.78 is 0. The summed E-state index contributed by atoms with van der Waals surface area (Å²) in [5.41, 5.74) is 2.74. The van der Waals surface area contributed by atoms with Crippen LogP contribution >= 0.6 is 11.8 Å². The number of benzene rings is 3. The van der Waals surface area contributed by atoms with E-state index in [0.29, 0.717) is 5.69 Å². The van der Waals surface area contributed by atoms with Gasteiger partial charge in [0.15, 0.2) is 0 Å². The fourth-order valence-corrected chi connectivity index (χ4v) is 3.08. The third-order valence-electron chi connectivity index (χ3n) is 3.22. The van der Waals surface area contributed by atoms with Crippen molar-refractivity contribution in [3.05, 3.63) is 77.7 Å². The van der Waals surface area contributed by atoms with Crippen molar-refractivity contribution in [3.8, 4) is 5.75 Å². The molecule has 1 heterocycles. The molecule has 0 atom stereocenters. The zero-order valence-electron chi connectivity index (χ0n) is 12.1. The molecule has 23 heavy (non-hydrogen) atoms. The van der Waals surface area contributed by atoms with E-state index in [9.17, 15) is 4.91 Å². The van der Waals surface area contributed by atoms with Gasteiger partial charge >= 0.3 is 0 Å². The Morgan fingerprint density at radius 1 is 0.783 bits per heavy atom. The first-order chi connectivity index (χ1) is 11.3. The van der Waals surface area contributed by atoms with Gasteiger partial charge in [-0.25, -0.2) is 0 Å². The summed E-state index contributed by atoms with van der Waals surface area (Å²) in [7, 11) is 0. The number of para-hydroxylation sites is 2. The van der Waals surface area contributed by atoms with Crippen molar-refractivity contribution in [2.45, 2.75) is 9.79 Å². The highest BCUT2D eigenvalue weighted by Gasteiger charge is 2.13. The maximum atomic E-state index is 9.79. The fraction of sp³-hybridized carbons (Fsp3) is 0. The second-order valence-corrected chi connectivity index (χ2v) is 5.91. The quantitative estimate of drug-likeness (QED) is 0.442. The highest BCUT2D eigenvalue weighted by molar-refractivity contribution is 7.99. The van der Waals surface area contributed by atoms with Gasteiger partial charge in [-0.3, -0.25) is 0 Å². The first-order valence-corrected chi connectivity index (χ1v) is 7.83. The zero-order valence-corrected chi connectivity index (χ0v) is 13.0. The van der Waals surface area contributed by atoms with Gasteiger partial charge in [-0.1, -0.05) is 36.0 Å².